The number of nitrogens with one attached hydrogen (secondary N) is 1. The summed E-state index contributed by atoms with van der Waals surface area (Å²) >= 11 is 0. The summed E-state index contributed by atoms with van der Waals surface area (Å²) in [5, 5.41) is 13.1. The SMILES string of the molecule is OCC1(CNC2CCC3CCCCC3C2)CC1. The van der Waals surface area contributed by atoms with Crippen molar-refractivity contribution >= 4 is 0 Å². The van der Waals surface area contributed by atoms with E-state index in [9.17, 15) is 5.11 Å². The Morgan fingerprint density at radius 2 is 1.76 bits per heavy atom. The zero-order valence-electron chi connectivity index (χ0n) is 11.0. The number of aliphatic hydroxyl groups is 1. The van der Waals surface area contributed by atoms with Crippen LogP contribution in [0.1, 0.15) is 57.8 Å². The predicted molar refractivity (Wildman–Crippen MR) is 69.8 cm³/mol. The highest BCUT2D eigenvalue weighted by Crippen LogP contribution is 2.45. The largest absolute Gasteiger partial charge is 0.396 e. The Bertz CT molecular complexity index is 262. The molecule has 17 heavy (non-hydrogen) atoms. The van der Waals surface area contributed by atoms with Gasteiger partial charge in [0.1, 0.15) is 0 Å². The molecule has 0 aromatic carbocycles. The monoisotopic (exact) mass is 237 g/mol. The first-order valence-electron chi connectivity index (χ1n) is 7.66. The third-order valence-corrected chi connectivity index (χ3v) is 5.60. The summed E-state index contributed by atoms with van der Waals surface area (Å²) in [7, 11) is 0. The highest BCUT2D eigenvalue weighted by Gasteiger charge is 2.42. The minimum Gasteiger partial charge on any atom is -0.396 e. The molecule has 3 saturated carbocycles. The Kier molecular flexibility index (Phi) is 3.45. The third kappa shape index (κ3) is 2.68. The van der Waals surface area contributed by atoms with E-state index < -0.39 is 0 Å². The summed E-state index contributed by atoms with van der Waals surface area (Å²) in [5.74, 6) is 2.06. The second-order valence-electron chi connectivity index (χ2n) is 6.85. The molecule has 0 spiro atoms. The molecule has 0 saturated heterocycles. The molecule has 3 atom stereocenters. The first kappa shape index (κ1) is 12.0. The Labute approximate surface area is 105 Å². The van der Waals surface area contributed by atoms with Gasteiger partial charge in [-0.25, -0.2) is 0 Å². The lowest BCUT2D eigenvalue weighted by Crippen LogP contribution is -2.41. The molecule has 98 valence electrons. The van der Waals surface area contributed by atoms with Gasteiger partial charge >= 0.3 is 0 Å². The van der Waals surface area contributed by atoms with Crippen molar-refractivity contribution in [2.24, 2.45) is 17.3 Å². The van der Waals surface area contributed by atoms with E-state index >= 15 is 0 Å². The molecule has 3 unspecified atom stereocenters. The molecule has 3 rings (SSSR count). The van der Waals surface area contributed by atoms with E-state index in [1.165, 1.54) is 57.8 Å². The molecule has 2 nitrogen and oxygen atoms in total. The molecule has 0 aromatic heterocycles. The second kappa shape index (κ2) is 4.89. The minimum absolute atomic E-state index is 0.281. The number of hydrogen-bond donors (Lipinski definition) is 2. The Morgan fingerprint density at radius 1 is 1.00 bits per heavy atom. The van der Waals surface area contributed by atoms with Crippen molar-refractivity contribution in [2.75, 3.05) is 13.2 Å². The molecule has 0 aromatic rings. The van der Waals surface area contributed by atoms with Crippen LogP contribution >= 0.6 is 0 Å². The van der Waals surface area contributed by atoms with Gasteiger partial charge in [0.15, 0.2) is 0 Å². The molecular formula is C15H27NO. The minimum atomic E-state index is 0.281. The van der Waals surface area contributed by atoms with Gasteiger partial charge in [0.2, 0.25) is 0 Å². The van der Waals surface area contributed by atoms with E-state index in [4.69, 9.17) is 0 Å². The van der Waals surface area contributed by atoms with Crippen LogP contribution in [0.3, 0.4) is 0 Å². The van der Waals surface area contributed by atoms with Crippen LogP contribution in [0.4, 0.5) is 0 Å². The molecule has 3 fully saturated rings. The van der Waals surface area contributed by atoms with Crippen LogP contribution < -0.4 is 5.32 Å². The average Bonchev–Trinajstić information content (AvgIpc) is 3.17. The van der Waals surface area contributed by atoms with E-state index in [2.05, 4.69) is 5.32 Å². The topological polar surface area (TPSA) is 32.3 Å². The molecule has 2 heteroatoms. The maximum Gasteiger partial charge on any atom is 0.0499 e. The zero-order valence-corrected chi connectivity index (χ0v) is 11.0. The third-order valence-electron chi connectivity index (χ3n) is 5.60. The fourth-order valence-corrected chi connectivity index (χ4v) is 3.99. The Morgan fingerprint density at radius 3 is 2.47 bits per heavy atom. The van der Waals surface area contributed by atoms with E-state index in [0.717, 1.165) is 24.4 Å². The highest BCUT2D eigenvalue weighted by atomic mass is 16.3. The number of hydrogen-bond acceptors (Lipinski definition) is 2. The fourth-order valence-electron chi connectivity index (χ4n) is 3.99. The highest BCUT2D eigenvalue weighted by molar-refractivity contribution is 4.96. The van der Waals surface area contributed by atoms with Gasteiger partial charge in [-0.15, -0.1) is 0 Å². The standard InChI is InChI=1S/C15H27NO/c17-11-15(7-8-15)10-16-14-6-5-12-3-1-2-4-13(12)9-14/h12-14,16-17H,1-11H2. The molecule has 0 aliphatic heterocycles. The van der Waals surface area contributed by atoms with Gasteiger partial charge in [0.25, 0.3) is 0 Å². The molecule has 0 heterocycles. The molecule has 0 radical (unpaired) electrons. The fraction of sp³-hybridized carbons (Fsp3) is 1.00. The normalized spacial score (nSPS) is 39.7. The average molecular weight is 237 g/mol. The summed E-state index contributed by atoms with van der Waals surface area (Å²) < 4.78 is 0. The smallest absolute Gasteiger partial charge is 0.0499 e. The van der Waals surface area contributed by atoms with Crippen LogP contribution in [-0.4, -0.2) is 24.3 Å². The van der Waals surface area contributed by atoms with Crippen LogP contribution in [-0.2, 0) is 0 Å². The van der Waals surface area contributed by atoms with Crippen molar-refractivity contribution in [2.45, 2.75) is 63.8 Å². The van der Waals surface area contributed by atoms with Gasteiger partial charge in [-0.3, -0.25) is 0 Å². The lowest BCUT2D eigenvalue weighted by Gasteiger charge is -2.40. The lowest BCUT2D eigenvalue weighted by molar-refractivity contribution is 0.135. The summed E-state index contributed by atoms with van der Waals surface area (Å²) in [6.45, 7) is 1.45. The van der Waals surface area contributed by atoms with Crippen molar-refractivity contribution in [3.8, 4) is 0 Å². The van der Waals surface area contributed by atoms with Crippen molar-refractivity contribution < 1.29 is 5.11 Å². The van der Waals surface area contributed by atoms with Crippen LogP contribution in [0, 0.1) is 17.3 Å². The Hall–Kier alpha value is -0.0800. The maximum absolute atomic E-state index is 9.33. The van der Waals surface area contributed by atoms with Crippen LogP contribution in [0.25, 0.3) is 0 Å². The van der Waals surface area contributed by atoms with Gasteiger partial charge in [-0.1, -0.05) is 25.7 Å². The summed E-state index contributed by atoms with van der Waals surface area (Å²) in [6, 6.07) is 0.748. The molecule has 3 aliphatic carbocycles. The lowest BCUT2D eigenvalue weighted by atomic mass is 9.69. The quantitative estimate of drug-likeness (QED) is 0.788. The van der Waals surface area contributed by atoms with Crippen molar-refractivity contribution in [1.29, 1.82) is 0 Å². The first-order valence-corrected chi connectivity index (χ1v) is 7.66. The molecular weight excluding hydrogens is 210 g/mol. The van der Waals surface area contributed by atoms with Gasteiger partial charge in [-0.05, 0) is 43.9 Å². The first-order chi connectivity index (χ1) is 8.31. The van der Waals surface area contributed by atoms with Crippen molar-refractivity contribution in [3.05, 3.63) is 0 Å². The van der Waals surface area contributed by atoms with Crippen molar-refractivity contribution in [3.63, 3.8) is 0 Å². The molecule has 0 bridgehead atoms. The number of aliphatic hydroxyl groups excluding tert-OH is 1. The Balaban J connectivity index is 1.46. The van der Waals surface area contributed by atoms with Gasteiger partial charge in [0.05, 0.1) is 0 Å². The number of fused-ring (bicyclic) bond motifs is 1. The van der Waals surface area contributed by atoms with E-state index in [1.807, 2.05) is 0 Å². The summed E-state index contributed by atoms with van der Waals surface area (Å²) in [6.07, 6.45) is 12.6. The maximum atomic E-state index is 9.33. The van der Waals surface area contributed by atoms with E-state index in [1.54, 1.807) is 0 Å². The molecule has 3 aliphatic rings. The second-order valence-corrected chi connectivity index (χ2v) is 6.85. The van der Waals surface area contributed by atoms with Crippen LogP contribution in [0.15, 0.2) is 0 Å². The van der Waals surface area contributed by atoms with Crippen LogP contribution in [0.5, 0.6) is 0 Å². The molecule has 2 N–H and O–H groups in total. The number of rotatable bonds is 4. The predicted octanol–water partition coefficient (Wildman–Crippen LogP) is 2.71. The van der Waals surface area contributed by atoms with Gasteiger partial charge < -0.3 is 10.4 Å². The summed E-state index contributed by atoms with van der Waals surface area (Å²) in [5.41, 5.74) is 0.281. The molecule has 0 amide bonds. The van der Waals surface area contributed by atoms with Crippen LogP contribution in [0.2, 0.25) is 0 Å². The van der Waals surface area contributed by atoms with E-state index in [0.29, 0.717) is 6.61 Å². The van der Waals surface area contributed by atoms with Gasteiger partial charge in [-0.2, -0.15) is 0 Å². The van der Waals surface area contributed by atoms with Crippen molar-refractivity contribution in [1.82, 2.24) is 5.32 Å². The van der Waals surface area contributed by atoms with E-state index in [-0.39, 0.29) is 5.41 Å². The van der Waals surface area contributed by atoms with Gasteiger partial charge in [0, 0.05) is 24.6 Å². The zero-order chi connectivity index (χ0) is 11.7. The summed E-state index contributed by atoms with van der Waals surface area (Å²) in [4.78, 5) is 0.